The maximum absolute atomic E-state index is 12.2. The Morgan fingerprint density at radius 1 is 1.21 bits per heavy atom. The summed E-state index contributed by atoms with van der Waals surface area (Å²) < 4.78 is 1.13. The van der Waals surface area contributed by atoms with Crippen molar-refractivity contribution in [2.24, 2.45) is 0 Å². The average Bonchev–Trinajstić information content (AvgIpc) is 2.52. The molecule has 1 amide bonds. The fraction of sp³-hybridized carbons (Fsp3) is 0.125. The molecule has 0 fully saturated rings. The predicted molar refractivity (Wildman–Crippen MR) is 105 cm³/mol. The highest BCUT2D eigenvalue weighted by Crippen LogP contribution is 2.22. The Morgan fingerprint density at radius 3 is 2.54 bits per heavy atom. The Hall–Kier alpha value is -2.07. The number of hydrogen-bond donors (Lipinski definition) is 2. The highest BCUT2D eigenvalue weighted by molar-refractivity contribution is 14.1. The van der Waals surface area contributed by atoms with Crippen molar-refractivity contribution in [3.05, 3.63) is 66.8 Å². The zero-order chi connectivity index (χ0) is 17.9. The molecule has 6 nitrogen and oxygen atoms in total. The lowest BCUT2D eigenvalue weighted by atomic mass is 10.1. The van der Waals surface area contributed by atoms with Gasteiger partial charge in [-0.2, -0.15) is 0 Å². The van der Waals surface area contributed by atoms with Crippen LogP contribution in [-0.4, -0.2) is 15.9 Å². The van der Waals surface area contributed by atoms with Crippen molar-refractivity contribution in [1.82, 2.24) is 5.32 Å². The highest BCUT2D eigenvalue weighted by atomic mass is 127. The second-order valence-electron chi connectivity index (χ2n) is 5.10. The van der Waals surface area contributed by atoms with Crippen LogP contribution in [0.2, 0.25) is 0 Å². The monoisotopic (exact) mass is 455 g/mol. The number of carbonyl (C=O) groups excluding carboxylic acids is 1. The molecule has 0 aliphatic carbocycles. The first-order chi connectivity index (χ1) is 11.3. The standard InChI is InChI=1S/C16H14IN3O3S/c1-9-8-13(10(2)7-12(9)17)18-16(24)19-15(21)11-5-3-4-6-14(11)20(22)23/h3-8H,1-2H3,(H2,18,19,21,24). The Labute approximate surface area is 157 Å². The van der Waals surface area contributed by atoms with Crippen LogP contribution in [0.4, 0.5) is 11.4 Å². The van der Waals surface area contributed by atoms with E-state index < -0.39 is 10.8 Å². The molecule has 0 saturated carbocycles. The zero-order valence-corrected chi connectivity index (χ0v) is 15.9. The van der Waals surface area contributed by atoms with Gasteiger partial charge in [-0.3, -0.25) is 20.2 Å². The lowest BCUT2D eigenvalue weighted by Gasteiger charge is -2.13. The van der Waals surface area contributed by atoms with Crippen molar-refractivity contribution in [1.29, 1.82) is 0 Å². The molecule has 0 saturated heterocycles. The van der Waals surface area contributed by atoms with Gasteiger partial charge in [0.15, 0.2) is 5.11 Å². The van der Waals surface area contributed by atoms with Gasteiger partial charge in [0.1, 0.15) is 5.56 Å². The third kappa shape index (κ3) is 4.26. The summed E-state index contributed by atoms with van der Waals surface area (Å²) in [5.74, 6) is -0.625. The number of aryl methyl sites for hydroxylation is 2. The largest absolute Gasteiger partial charge is 0.332 e. The fourth-order valence-electron chi connectivity index (χ4n) is 2.06. The number of amides is 1. The molecule has 8 heteroatoms. The molecule has 0 aromatic heterocycles. The van der Waals surface area contributed by atoms with E-state index in [2.05, 4.69) is 33.2 Å². The van der Waals surface area contributed by atoms with Gasteiger partial charge in [-0.25, -0.2) is 0 Å². The zero-order valence-electron chi connectivity index (χ0n) is 12.9. The quantitative estimate of drug-likeness (QED) is 0.317. The lowest BCUT2D eigenvalue weighted by Crippen LogP contribution is -2.34. The van der Waals surface area contributed by atoms with Crippen LogP contribution in [0.15, 0.2) is 36.4 Å². The van der Waals surface area contributed by atoms with Gasteiger partial charge in [0, 0.05) is 15.3 Å². The van der Waals surface area contributed by atoms with Crippen molar-refractivity contribution in [3.8, 4) is 0 Å². The number of rotatable bonds is 3. The van der Waals surface area contributed by atoms with E-state index in [0.29, 0.717) is 0 Å². The molecule has 0 aliphatic rings. The van der Waals surface area contributed by atoms with E-state index in [1.807, 2.05) is 26.0 Å². The van der Waals surface area contributed by atoms with Gasteiger partial charge in [-0.05, 0) is 78.0 Å². The normalized spacial score (nSPS) is 10.1. The van der Waals surface area contributed by atoms with E-state index in [-0.39, 0.29) is 16.4 Å². The van der Waals surface area contributed by atoms with Crippen molar-refractivity contribution >= 4 is 57.2 Å². The predicted octanol–water partition coefficient (Wildman–Crippen LogP) is 3.94. The molecule has 0 radical (unpaired) electrons. The van der Waals surface area contributed by atoms with Crippen molar-refractivity contribution in [2.75, 3.05) is 5.32 Å². The minimum atomic E-state index is -0.625. The minimum Gasteiger partial charge on any atom is -0.332 e. The number of anilines is 1. The Kier molecular flexibility index (Phi) is 5.84. The van der Waals surface area contributed by atoms with Crippen molar-refractivity contribution < 1.29 is 9.72 Å². The van der Waals surface area contributed by atoms with Crippen LogP contribution in [-0.2, 0) is 0 Å². The molecule has 124 valence electrons. The maximum Gasteiger partial charge on any atom is 0.282 e. The summed E-state index contributed by atoms with van der Waals surface area (Å²) in [6.07, 6.45) is 0. The van der Waals surface area contributed by atoms with E-state index in [4.69, 9.17) is 12.2 Å². The first kappa shape index (κ1) is 18.3. The summed E-state index contributed by atoms with van der Waals surface area (Å²) >= 11 is 7.39. The molecular formula is C16H14IN3O3S. The number of benzene rings is 2. The number of thiocarbonyl (C=S) groups is 1. The van der Waals surface area contributed by atoms with Crippen molar-refractivity contribution in [3.63, 3.8) is 0 Å². The number of nitro groups is 1. The average molecular weight is 455 g/mol. The number of para-hydroxylation sites is 1. The molecule has 0 aliphatic heterocycles. The molecule has 2 rings (SSSR count). The van der Waals surface area contributed by atoms with Crippen LogP contribution in [0.3, 0.4) is 0 Å². The second kappa shape index (κ2) is 7.67. The van der Waals surface area contributed by atoms with Gasteiger partial charge >= 0.3 is 0 Å². The molecule has 2 aromatic rings. The van der Waals surface area contributed by atoms with Crippen LogP contribution in [0.5, 0.6) is 0 Å². The fourth-order valence-corrected chi connectivity index (χ4v) is 2.89. The number of nitrogens with one attached hydrogen (secondary N) is 2. The van der Waals surface area contributed by atoms with Crippen LogP contribution in [0.1, 0.15) is 21.5 Å². The van der Waals surface area contributed by atoms with Gasteiger partial charge < -0.3 is 5.32 Å². The summed E-state index contributed by atoms with van der Waals surface area (Å²) in [5.41, 5.74) is 2.53. The van der Waals surface area contributed by atoms with Crippen LogP contribution >= 0.6 is 34.8 Å². The van der Waals surface area contributed by atoms with Gasteiger partial charge in [0.25, 0.3) is 11.6 Å². The SMILES string of the molecule is Cc1cc(NC(=S)NC(=O)c2ccccc2[N+](=O)[O-])c(C)cc1I. The Balaban J connectivity index is 2.15. The summed E-state index contributed by atoms with van der Waals surface area (Å²) in [7, 11) is 0. The van der Waals surface area contributed by atoms with Crippen LogP contribution < -0.4 is 10.6 Å². The van der Waals surface area contributed by atoms with Gasteiger partial charge in [-0.1, -0.05) is 12.1 Å². The summed E-state index contributed by atoms with van der Waals surface area (Å²) in [6.45, 7) is 3.90. The number of nitrogens with zero attached hydrogens (tertiary/aromatic N) is 1. The first-order valence-corrected chi connectivity index (χ1v) is 8.41. The molecule has 0 spiro atoms. The summed E-state index contributed by atoms with van der Waals surface area (Å²) in [5, 5.41) is 16.5. The number of nitro benzene ring substituents is 1. The van der Waals surface area contributed by atoms with E-state index in [9.17, 15) is 14.9 Å². The van der Waals surface area contributed by atoms with E-state index in [1.54, 1.807) is 6.07 Å². The molecule has 0 atom stereocenters. The topological polar surface area (TPSA) is 84.3 Å². The van der Waals surface area contributed by atoms with E-state index >= 15 is 0 Å². The molecule has 0 bridgehead atoms. The first-order valence-electron chi connectivity index (χ1n) is 6.92. The van der Waals surface area contributed by atoms with E-state index in [0.717, 1.165) is 20.4 Å². The molecule has 2 N–H and O–H groups in total. The summed E-state index contributed by atoms with van der Waals surface area (Å²) in [4.78, 5) is 22.6. The Bertz CT molecular complexity index is 839. The maximum atomic E-state index is 12.2. The van der Waals surface area contributed by atoms with Crippen molar-refractivity contribution in [2.45, 2.75) is 13.8 Å². The van der Waals surface area contributed by atoms with Crippen LogP contribution in [0, 0.1) is 27.5 Å². The molecular weight excluding hydrogens is 441 g/mol. The van der Waals surface area contributed by atoms with Gasteiger partial charge in [0.2, 0.25) is 0 Å². The number of hydrogen-bond acceptors (Lipinski definition) is 4. The molecule has 0 heterocycles. The third-order valence-electron chi connectivity index (χ3n) is 3.33. The minimum absolute atomic E-state index is 0.0397. The molecule has 2 aromatic carbocycles. The Morgan fingerprint density at radius 2 is 1.88 bits per heavy atom. The van der Waals surface area contributed by atoms with Crippen LogP contribution in [0.25, 0.3) is 0 Å². The third-order valence-corrected chi connectivity index (χ3v) is 4.69. The second-order valence-corrected chi connectivity index (χ2v) is 6.67. The molecule has 0 unspecified atom stereocenters. The molecule has 24 heavy (non-hydrogen) atoms. The highest BCUT2D eigenvalue weighted by Gasteiger charge is 2.20. The van der Waals surface area contributed by atoms with E-state index in [1.165, 1.54) is 18.2 Å². The number of halogens is 1. The van der Waals surface area contributed by atoms with Gasteiger partial charge in [-0.15, -0.1) is 0 Å². The summed E-state index contributed by atoms with van der Waals surface area (Å²) in [6, 6.07) is 9.66. The lowest BCUT2D eigenvalue weighted by molar-refractivity contribution is -0.385. The smallest absolute Gasteiger partial charge is 0.282 e. The van der Waals surface area contributed by atoms with Gasteiger partial charge in [0.05, 0.1) is 4.92 Å². The number of carbonyl (C=O) groups is 1.